The zero-order valence-corrected chi connectivity index (χ0v) is 13.0. The third-order valence-corrected chi connectivity index (χ3v) is 4.67. The minimum Gasteiger partial charge on any atom is -0.492 e. The molecule has 7 nitrogen and oxygen atoms in total. The number of rotatable bonds is 8. The first kappa shape index (κ1) is 17.3. The monoisotopic (exact) mass is 315 g/mol. The van der Waals surface area contributed by atoms with Crippen LogP contribution < -0.4 is 15.8 Å². The van der Waals surface area contributed by atoms with E-state index >= 15 is 0 Å². The van der Waals surface area contributed by atoms with Crippen LogP contribution >= 0.6 is 0 Å². The average molecular weight is 315 g/mol. The lowest BCUT2D eigenvalue weighted by Gasteiger charge is -2.19. The Kier molecular flexibility index (Phi) is 6.44. The van der Waals surface area contributed by atoms with Gasteiger partial charge in [0, 0.05) is 25.3 Å². The number of nitrogens with two attached hydrogens (primary N) is 1. The van der Waals surface area contributed by atoms with E-state index in [1.807, 2.05) is 0 Å². The maximum Gasteiger partial charge on any atom is 0.235 e. The molecule has 0 unspecified atom stereocenters. The number of hydrogen-bond acceptors (Lipinski definition) is 5. The molecule has 118 valence electrons. The van der Waals surface area contributed by atoms with Crippen molar-refractivity contribution in [1.82, 2.24) is 9.62 Å². The van der Waals surface area contributed by atoms with Crippen LogP contribution in [-0.2, 0) is 14.8 Å². The maximum atomic E-state index is 12.1. The number of nitrogens with zero attached hydrogens (tertiary/aromatic N) is 1. The Morgan fingerprint density at radius 3 is 2.71 bits per heavy atom. The summed E-state index contributed by atoms with van der Waals surface area (Å²) in [6.07, 6.45) is 0. The van der Waals surface area contributed by atoms with Crippen LogP contribution in [0.5, 0.6) is 5.75 Å². The number of likely N-dealkylation sites (N-methyl/N-ethyl adjacent to an activating group) is 2. The van der Waals surface area contributed by atoms with Crippen molar-refractivity contribution >= 4 is 21.6 Å². The second-order valence-electron chi connectivity index (χ2n) is 4.34. The van der Waals surface area contributed by atoms with E-state index in [-0.39, 0.29) is 31.4 Å². The van der Waals surface area contributed by atoms with Crippen molar-refractivity contribution in [2.75, 3.05) is 38.2 Å². The van der Waals surface area contributed by atoms with Crippen LogP contribution in [0.3, 0.4) is 0 Å². The zero-order valence-electron chi connectivity index (χ0n) is 12.2. The van der Waals surface area contributed by atoms with Gasteiger partial charge in [-0.2, -0.15) is 4.31 Å². The van der Waals surface area contributed by atoms with Crippen molar-refractivity contribution in [3.8, 4) is 5.75 Å². The number of benzene rings is 1. The van der Waals surface area contributed by atoms with Crippen LogP contribution in [0.4, 0.5) is 5.69 Å². The van der Waals surface area contributed by atoms with Crippen LogP contribution in [0.2, 0.25) is 0 Å². The Morgan fingerprint density at radius 1 is 1.43 bits per heavy atom. The second-order valence-corrected chi connectivity index (χ2v) is 6.42. The van der Waals surface area contributed by atoms with Gasteiger partial charge in [0.25, 0.3) is 0 Å². The number of anilines is 1. The van der Waals surface area contributed by atoms with Gasteiger partial charge in [0.15, 0.2) is 0 Å². The van der Waals surface area contributed by atoms with Crippen molar-refractivity contribution < 1.29 is 17.9 Å². The lowest BCUT2D eigenvalue weighted by atomic mass is 10.3. The van der Waals surface area contributed by atoms with Crippen molar-refractivity contribution in [3.05, 3.63) is 24.3 Å². The molecule has 0 aliphatic carbocycles. The van der Waals surface area contributed by atoms with Gasteiger partial charge in [0.2, 0.25) is 15.9 Å². The Morgan fingerprint density at radius 2 is 2.14 bits per heavy atom. The van der Waals surface area contributed by atoms with Crippen molar-refractivity contribution in [2.24, 2.45) is 0 Å². The van der Waals surface area contributed by atoms with Crippen molar-refractivity contribution in [3.63, 3.8) is 0 Å². The van der Waals surface area contributed by atoms with E-state index in [1.54, 1.807) is 31.2 Å². The first-order valence-electron chi connectivity index (χ1n) is 6.55. The fourth-order valence-electron chi connectivity index (χ4n) is 1.64. The van der Waals surface area contributed by atoms with E-state index < -0.39 is 10.0 Å². The first-order valence-corrected chi connectivity index (χ1v) is 8.16. The van der Waals surface area contributed by atoms with Gasteiger partial charge < -0.3 is 15.8 Å². The van der Waals surface area contributed by atoms with Gasteiger partial charge in [-0.25, -0.2) is 8.42 Å². The molecule has 1 amide bonds. The Hall–Kier alpha value is -1.80. The fraction of sp³-hybridized carbons (Fsp3) is 0.462. The van der Waals surface area contributed by atoms with Gasteiger partial charge in [-0.3, -0.25) is 4.79 Å². The number of ether oxygens (including phenoxy) is 1. The Bertz CT molecular complexity index is 575. The van der Waals surface area contributed by atoms with Crippen molar-refractivity contribution in [2.45, 2.75) is 6.92 Å². The molecule has 0 bridgehead atoms. The largest absolute Gasteiger partial charge is 0.492 e. The molecule has 0 fully saturated rings. The van der Waals surface area contributed by atoms with E-state index in [4.69, 9.17) is 10.5 Å². The molecule has 0 aromatic heterocycles. The summed E-state index contributed by atoms with van der Waals surface area (Å²) in [5, 5.41) is 2.40. The molecule has 3 N–H and O–H groups in total. The topological polar surface area (TPSA) is 102 Å². The van der Waals surface area contributed by atoms with Gasteiger partial charge in [0.05, 0.1) is 12.3 Å². The lowest BCUT2D eigenvalue weighted by Crippen LogP contribution is -2.41. The molecular weight excluding hydrogens is 294 g/mol. The van der Waals surface area contributed by atoms with E-state index in [2.05, 4.69) is 5.32 Å². The number of nitrogens with one attached hydrogen (secondary N) is 1. The molecule has 1 aromatic carbocycles. The smallest absolute Gasteiger partial charge is 0.235 e. The normalized spacial score (nSPS) is 11.4. The molecule has 0 spiro atoms. The average Bonchev–Trinajstić information content (AvgIpc) is 2.44. The van der Waals surface area contributed by atoms with E-state index in [9.17, 15) is 13.2 Å². The summed E-state index contributed by atoms with van der Waals surface area (Å²) in [6, 6.07) is 6.76. The molecule has 0 radical (unpaired) electrons. The van der Waals surface area contributed by atoms with Crippen LogP contribution in [0.15, 0.2) is 24.3 Å². The highest BCUT2D eigenvalue weighted by molar-refractivity contribution is 7.89. The summed E-state index contributed by atoms with van der Waals surface area (Å²) >= 11 is 0. The summed E-state index contributed by atoms with van der Waals surface area (Å²) < 4.78 is 30.7. The number of carbonyl (C=O) groups excluding carboxylic acids is 1. The minimum atomic E-state index is -3.54. The number of amides is 1. The summed E-state index contributed by atoms with van der Waals surface area (Å²) in [7, 11) is -2.08. The summed E-state index contributed by atoms with van der Waals surface area (Å²) in [5.41, 5.74) is 6.15. The van der Waals surface area contributed by atoms with Crippen LogP contribution in [0.1, 0.15) is 6.92 Å². The number of carbonyl (C=O) groups is 1. The van der Waals surface area contributed by atoms with Gasteiger partial charge in [-0.1, -0.05) is 13.0 Å². The zero-order chi connectivity index (χ0) is 15.9. The van der Waals surface area contributed by atoms with Crippen LogP contribution in [-0.4, -0.2) is 51.1 Å². The quantitative estimate of drug-likeness (QED) is 0.660. The Labute approximate surface area is 125 Å². The maximum absolute atomic E-state index is 12.1. The second kappa shape index (κ2) is 7.84. The lowest BCUT2D eigenvalue weighted by molar-refractivity contribution is -0.120. The molecule has 0 aliphatic heterocycles. The predicted molar refractivity (Wildman–Crippen MR) is 81.4 cm³/mol. The highest BCUT2D eigenvalue weighted by Crippen LogP contribution is 2.14. The molecule has 0 aliphatic rings. The first-order chi connectivity index (χ1) is 9.89. The predicted octanol–water partition coefficient (Wildman–Crippen LogP) is 0.0453. The highest BCUT2D eigenvalue weighted by atomic mass is 32.2. The van der Waals surface area contributed by atoms with E-state index in [1.165, 1.54) is 7.05 Å². The minimum absolute atomic E-state index is 0.00394. The molecule has 21 heavy (non-hydrogen) atoms. The molecule has 1 rings (SSSR count). The highest BCUT2D eigenvalue weighted by Gasteiger charge is 2.22. The SMILES string of the molecule is CCN(CC(=O)NC)S(=O)(=O)CCOc1cccc(N)c1. The standard InChI is InChI=1S/C13H21N3O4S/c1-3-16(10-13(17)15-2)21(18,19)8-7-20-12-6-4-5-11(14)9-12/h4-6,9H,3,7-8,10,14H2,1-2H3,(H,15,17). The summed E-state index contributed by atoms with van der Waals surface area (Å²) in [4.78, 5) is 11.3. The molecule has 1 aromatic rings. The number of nitrogen functional groups attached to an aromatic ring is 1. The molecule has 8 heteroatoms. The van der Waals surface area contributed by atoms with E-state index in [0.717, 1.165) is 4.31 Å². The van der Waals surface area contributed by atoms with Gasteiger partial charge in [-0.05, 0) is 12.1 Å². The molecule has 0 saturated heterocycles. The van der Waals surface area contributed by atoms with Crippen LogP contribution in [0.25, 0.3) is 0 Å². The number of sulfonamides is 1. The molecule has 0 heterocycles. The third kappa shape index (κ3) is 5.60. The third-order valence-electron chi connectivity index (χ3n) is 2.81. The molecular formula is C13H21N3O4S. The van der Waals surface area contributed by atoms with Gasteiger partial charge in [-0.15, -0.1) is 0 Å². The van der Waals surface area contributed by atoms with Crippen molar-refractivity contribution in [1.29, 1.82) is 0 Å². The summed E-state index contributed by atoms with van der Waals surface area (Å²) in [5.74, 6) is -0.0381. The molecule has 0 saturated carbocycles. The van der Waals surface area contributed by atoms with Gasteiger partial charge >= 0.3 is 0 Å². The Balaban J connectivity index is 2.57. The number of hydrogen-bond donors (Lipinski definition) is 2. The fourth-order valence-corrected chi connectivity index (χ4v) is 2.90. The van der Waals surface area contributed by atoms with Gasteiger partial charge in [0.1, 0.15) is 12.4 Å². The molecule has 0 atom stereocenters. The van der Waals surface area contributed by atoms with Crippen LogP contribution in [0, 0.1) is 0 Å². The summed E-state index contributed by atoms with van der Waals surface area (Å²) in [6.45, 7) is 1.72. The van der Waals surface area contributed by atoms with E-state index in [0.29, 0.717) is 11.4 Å².